The summed E-state index contributed by atoms with van der Waals surface area (Å²) >= 11 is 0. The Balaban J connectivity index is 0. The van der Waals surface area contributed by atoms with E-state index in [0.717, 1.165) is 0 Å². The van der Waals surface area contributed by atoms with E-state index in [-0.39, 0.29) is 17.7 Å². The maximum absolute atomic E-state index is 10.3. The predicted molar refractivity (Wildman–Crippen MR) is 219 cm³/mol. The highest BCUT2D eigenvalue weighted by Gasteiger charge is 2.06. The third-order valence-corrected chi connectivity index (χ3v) is 10.7. The summed E-state index contributed by atoms with van der Waals surface area (Å²) in [7, 11) is -3.92. The number of carbonyl (C=O) groups is 1. The van der Waals surface area contributed by atoms with Crippen LogP contribution in [-0.2, 0) is 14.9 Å². The fraction of sp³-hybridized carbons (Fsp3) is 0.930. The average Bonchev–Trinajstić information content (AvgIpc) is 3.08. The molecule has 300 valence electrons. The fourth-order valence-corrected chi connectivity index (χ4v) is 7.01. The van der Waals surface area contributed by atoms with E-state index in [1.807, 2.05) is 0 Å². The predicted octanol–water partition coefficient (Wildman–Crippen LogP) is 13.7. The van der Waals surface area contributed by atoms with Gasteiger partial charge in [-0.05, 0) is 58.7 Å². The second-order valence-corrected chi connectivity index (χ2v) is 16.6. The van der Waals surface area contributed by atoms with E-state index in [4.69, 9.17) is 9.66 Å². The third-order valence-electron chi connectivity index (χ3n) is 9.88. The molecule has 2 N–H and O–H groups in total. The van der Waals surface area contributed by atoms with Gasteiger partial charge in [-0.15, -0.1) is 0 Å². The largest absolute Gasteiger partial charge is 0.478 e. The molecule has 0 bridgehead atoms. The molecule has 0 aliphatic carbocycles. The summed E-state index contributed by atoms with van der Waals surface area (Å²) in [6.07, 6.45) is 45.6. The maximum atomic E-state index is 10.3. The minimum atomic E-state index is -3.92. The van der Waals surface area contributed by atoms with Crippen molar-refractivity contribution in [3.8, 4) is 0 Å². The van der Waals surface area contributed by atoms with Crippen molar-refractivity contribution in [2.45, 2.75) is 233 Å². The number of hydrogen-bond donors (Lipinski definition) is 2. The first-order valence-electron chi connectivity index (χ1n) is 21.7. The Morgan fingerprint density at radius 1 is 0.480 bits per heavy atom. The minimum Gasteiger partial charge on any atom is -0.478 e. The van der Waals surface area contributed by atoms with Gasteiger partial charge in [-0.3, -0.25) is 4.55 Å². The normalized spacial score (nSPS) is 12.0. The van der Waals surface area contributed by atoms with E-state index in [1.54, 1.807) is 0 Å². The molecule has 0 amide bonds. The molecule has 0 aliphatic heterocycles. The topological polar surface area (TPSA) is 94.9 Å². The summed E-state index contributed by atoms with van der Waals surface area (Å²) in [5.74, 6) is -1.36. The van der Waals surface area contributed by atoms with Crippen molar-refractivity contribution in [3.63, 3.8) is 0 Å². The monoisotopic (exact) mass is 730 g/mol. The van der Waals surface area contributed by atoms with Crippen molar-refractivity contribution in [1.82, 2.24) is 4.90 Å². The van der Waals surface area contributed by atoms with Crippen LogP contribution in [0.3, 0.4) is 0 Å². The van der Waals surface area contributed by atoms with Gasteiger partial charge in [0, 0.05) is 5.57 Å². The number of carboxylic acid groups (broad SMARTS) is 1. The zero-order valence-electron chi connectivity index (χ0n) is 34.0. The quantitative estimate of drug-likeness (QED) is 0.0373. The first-order chi connectivity index (χ1) is 24.2. The number of rotatable bonds is 38. The molecule has 0 aromatic rings. The Hall–Kier alpha value is -0.920. The van der Waals surface area contributed by atoms with Gasteiger partial charge in [0.1, 0.15) is 0 Å². The summed E-state index contributed by atoms with van der Waals surface area (Å²) < 4.78 is 28.8. The highest BCUT2D eigenvalue weighted by atomic mass is 32.2. The number of nitrogens with zero attached hydrogens (tertiary/aromatic N) is 1. The Kier molecular flexibility index (Phi) is 41.8. The van der Waals surface area contributed by atoms with Gasteiger partial charge in [0.2, 0.25) is 0 Å². The number of carboxylic acids is 1. The van der Waals surface area contributed by atoms with Gasteiger partial charge < -0.3 is 10.0 Å². The molecule has 0 spiro atoms. The summed E-state index contributed by atoms with van der Waals surface area (Å²) in [5.41, 5.74) is 0.176. The summed E-state index contributed by atoms with van der Waals surface area (Å²) in [6.45, 7) is 12.5. The van der Waals surface area contributed by atoms with Crippen molar-refractivity contribution >= 4 is 16.1 Å². The lowest BCUT2D eigenvalue weighted by atomic mass is 10.1. The van der Waals surface area contributed by atoms with Crippen molar-refractivity contribution in [1.29, 1.82) is 0 Å². The molecule has 6 nitrogen and oxygen atoms in total. The van der Waals surface area contributed by atoms with E-state index in [0.29, 0.717) is 6.42 Å². The Morgan fingerprint density at radius 2 is 0.740 bits per heavy atom. The highest BCUT2D eigenvalue weighted by Crippen LogP contribution is 2.15. The van der Waals surface area contributed by atoms with Gasteiger partial charge in [0.15, 0.2) is 0 Å². The molecular formula is C43H87NO5S. The standard InChI is InChI=1S/C36H75N.C7H12O5S/c1-4-7-10-13-16-19-22-25-28-31-34-37(35-32-29-26-23-20-17-14-11-8-5-2)36-33-30-27-24-21-18-15-12-9-6-3;1-6(7(8)9)4-2-3-5-13(10,11)12/h4-36H2,1-3H3;4H,2-3,5H2,1H3,(H,8,9)(H,10,11,12). The second kappa shape index (κ2) is 40.8. The highest BCUT2D eigenvalue weighted by molar-refractivity contribution is 7.85. The number of unbranched alkanes of at least 4 members (excludes halogenated alkanes) is 28. The van der Waals surface area contributed by atoms with Crippen LogP contribution in [0.5, 0.6) is 0 Å². The molecule has 0 saturated carbocycles. The van der Waals surface area contributed by atoms with Crippen LogP contribution in [0.1, 0.15) is 233 Å². The molecule has 0 aliphatic rings. The van der Waals surface area contributed by atoms with Gasteiger partial charge in [-0.1, -0.05) is 200 Å². The van der Waals surface area contributed by atoms with E-state index in [9.17, 15) is 13.2 Å². The number of allylic oxidation sites excluding steroid dienone is 1. The first-order valence-corrected chi connectivity index (χ1v) is 23.4. The molecule has 0 radical (unpaired) electrons. The van der Waals surface area contributed by atoms with E-state index in [1.165, 1.54) is 225 Å². The van der Waals surface area contributed by atoms with Crippen LogP contribution in [0, 0.1) is 0 Å². The third kappa shape index (κ3) is 45.1. The van der Waals surface area contributed by atoms with Crippen LogP contribution in [0.2, 0.25) is 0 Å². The van der Waals surface area contributed by atoms with Crippen LogP contribution >= 0.6 is 0 Å². The van der Waals surface area contributed by atoms with Crippen LogP contribution in [-0.4, -0.2) is 54.3 Å². The average molecular weight is 730 g/mol. The number of hydrogen-bond acceptors (Lipinski definition) is 4. The zero-order chi connectivity index (χ0) is 37.4. The van der Waals surface area contributed by atoms with Gasteiger partial charge in [-0.2, -0.15) is 8.42 Å². The molecule has 0 rings (SSSR count). The smallest absolute Gasteiger partial charge is 0.330 e. The molecule has 0 saturated heterocycles. The molecule has 0 aromatic carbocycles. The SMILES string of the molecule is CC(=CCCCS(=O)(=O)O)C(=O)O.CCCCCCCCCCCCN(CCCCCCCCCCCC)CCCCCCCCCCCC. The molecule has 50 heavy (non-hydrogen) atoms. The maximum Gasteiger partial charge on any atom is 0.330 e. The van der Waals surface area contributed by atoms with Gasteiger partial charge >= 0.3 is 5.97 Å². The van der Waals surface area contributed by atoms with Gasteiger partial charge in [-0.25, -0.2) is 4.79 Å². The Bertz CT molecular complexity index is 772. The van der Waals surface area contributed by atoms with Crippen molar-refractivity contribution in [3.05, 3.63) is 11.6 Å². The lowest BCUT2D eigenvalue weighted by molar-refractivity contribution is -0.132. The van der Waals surface area contributed by atoms with Crippen molar-refractivity contribution < 1.29 is 22.9 Å². The molecule has 0 atom stereocenters. The lowest BCUT2D eigenvalue weighted by Crippen LogP contribution is -2.27. The first kappa shape index (κ1) is 51.2. The van der Waals surface area contributed by atoms with E-state index >= 15 is 0 Å². The van der Waals surface area contributed by atoms with Crippen molar-refractivity contribution in [2.75, 3.05) is 25.4 Å². The minimum absolute atomic E-state index is 0.176. The molecule has 7 heteroatoms. The summed E-state index contributed by atoms with van der Waals surface area (Å²) in [5, 5.41) is 8.41. The van der Waals surface area contributed by atoms with Gasteiger partial charge in [0.25, 0.3) is 10.1 Å². The van der Waals surface area contributed by atoms with E-state index < -0.39 is 16.1 Å². The van der Waals surface area contributed by atoms with Crippen molar-refractivity contribution in [2.24, 2.45) is 0 Å². The summed E-state index contributed by atoms with van der Waals surface area (Å²) in [4.78, 5) is 13.1. The van der Waals surface area contributed by atoms with Crippen LogP contribution in [0.4, 0.5) is 0 Å². The molecule has 0 unspecified atom stereocenters. The molecule has 0 heterocycles. The summed E-state index contributed by atoms with van der Waals surface area (Å²) in [6, 6.07) is 0. The molecule has 0 fully saturated rings. The number of aliphatic carboxylic acids is 1. The Labute approximate surface area is 313 Å². The fourth-order valence-electron chi connectivity index (χ4n) is 6.48. The lowest BCUT2D eigenvalue weighted by Gasteiger charge is -2.22. The zero-order valence-corrected chi connectivity index (χ0v) is 34.8. The van der Waals surface area contributed by atoms with Crippen LogP contribution < -0.4 is 0 Å². The second-order valence-electron chi connectivity index (χ2n) is 15.0. The molecule has 0 aromatic heterocycles. The van der Waals surface area contributed by atoms with Gasteiger partial charge in [0.05, 0.1) is 5.75 Å². The van der Waals surface area contributed by atoms with Crippen LogP contribution in [0.25, 0.3) is 0 Å². The van der Waals surface area contributed by atoms with Crippen LogP contribution in [0.15, 0.2) is 11.6 Å². The Morgan fingerprint density at radius 3 is 0.980 bits per heavy atom. The molecular weight excluding hydrogens is 643 g/mol. The van der Waals surface area contributed by atoms with E-state index in [2.05, 4.69) is 25.7 Å².